The molecule has 0 aromatic carbocycles. The van der Waals surface area contributed by atoms with Gasteiger partial charge in [-0.3, -0.25) is 0 Å². The first-order valence-corrected chi connectivity index (χ1v) is 7.51. The first-order valence-electron chi connectivity index (χ1n) is 7.51. The van der Waals surface area contributed by atoms with E-state index in [1.165, 1.54) is 44.3 Å². The number of rotatable bonds is 6. The van der Waals surface area contributed by atoms with Crippen LogP contribution in [0.2, 0.25) is 0 Å². The third-order valence-electron chi connectivity index (χ3n) is 4.29. The summed E-state index contributed by atoms with van der Waals surface area (Å²) in [4.78, 5) is 4.43. The van der Waals surface area contributed by atoms with Crippen LogP contribution in [-0.4, -0.2) is 22.1 Å². The van der Waals surface area contributed by atoms with Gasteiger partial charge in [0.25, 0.3) is 0 Å². The number of aryl methyl sites for hydroxylation is 2. The summed E-state index contributed by atoms with van der Waals surface area (Å²) in [6.07, 6.45) is 13.4. The Labute approximate surface area is 111 Å². The first kappa shape index (κ1) is 13.6. The molecule has 0 bridgehead atoms. The number of hydrogen-bond donors (Lipinski definition) is 1. The number of imidazole rings is 1. The third-order valence-corrected chi connectivity index (χ3v) is 4.29. The standard InChI is InChI=1S/C15H27N3/c1-3-16-14(13-7-5-4-6-8-13)9-10-15-17-11-12-18(15)2/h11-14,16H,3-10H2,1-2H3. The number of nitrogens with zero attached hydrogens (tertiary/aromatic N) is 2. The molecule has 0 aliphatic heterocycles. The second-order valence-corrected chi connectivity index (χ2v) is 5.56. The van der Waals surface area contributed by atoms with Gasteiger partial charge in [0.05, 0.1) is 0 Å². The van der Waals surface area contributed by atoms with Crippen molar-refractivity contribution in [2.75, 3.05) is 6.54 Å². The van der Waals surface area contributed by atoms with E-state index in [-0.39, 0.29) is 0 Å². The van der Waals surface area contributed by atoms with Crippen LogP contribution < -0.4 is 5.32 Å². The molecule has 0 spiro atoms. The van der Waals surface area contributed by atoms with E-state index in [9.17, 15) is 0 Å². The second kappa shape index (κ2) is 6.93. The fraction of sp³-hybridized carbons (Fsp3) is 0.800. The number of aromatic nitrogens is 2. The first-order chi connectivity index (χ1) is 8.81. The van der Waals surface area contributed by atoms with Crippen molar-refractivity contribution in [1.29, 1.82) is 0 Å². The molecule has 1 aromatic rings. The van der Waals surface area contributed by atoms with Crippen LogP contribution in [0.3, 0.4) is 0 Å². The summed E-state index contributed by atoms with van der Waals surface area (Å²) in [7, 11) is 2.09. The normalized spacial score (nSPS) is 19.0. The highest BCUT2D eigenvalue weighted by Crippen LogP contribution is 2.28. The van der Waals surface area contributed by atoms with Gasteiger partial charge in [0.1, 0.15) is 5.82 Å². The summed E-state index contributed by atoms with van der Waals surface area (Å²) in [6.45, 7) is 3.30. The van der Waals surface area contributed by atoms with Crippen LogP contribution >= 0.6 is 0 Å². The van der Waals surface area contributed by atoms with Crippen molar-refractivity contribution >= 4 is 0 Å². The van der Waals surface area contributed by atoms with Gasteiger partial charge >= 0.3 is 0 Å². The average Bonchev–Trinajstić information content (AvgIpc) is 2.81. The van der Waals surface area contributed by atoms with E-state index in [2.05, 4.69) is 28.8 Å². The third kappa shape index (κ3) is 3.58. The maximum Gasteiger partial charge on any atom is 0.108 e. The lowest BCUT2D eigenvalue weighted by Crippen LogP contribution is -2.37. The minimum atomic E-state index is 0.687. The van der Waals surface area contributed by atoms with E-state index >= 15 is 0 Å². The zero-order valence-electron chi connectivity index (χ0n) is 11.9. The summed E-state index contributed by atoms with van der Waals surface area (Å²) in [5.74, 6) is 2.10. The monoisotopic (exact) mass is 249 g/mol. The molecule has 18 heavy (non-hydrogen) atoms. The quantitative estimate of drug-likeness (QED) is 0.840. The topological polar surface area (TPSA) is 29.9 Å². The molecule has 1 aliphatic rings. The molecule has 1 saturated carbocycles. The molecular weight excluding hydrogens is 222 g/mol. The molecule has 1 aliphatic carbocycles. The summed E-state index contributed by atoms with van der Waals surface area (Å²) in [5.41, 5.74) is 0. The molecule has 3 heteroatoms. The molecule has 1 atom stereocenters. The van der Waals surface area contributed by atoms with E-state index in [1.807, 2.05) is 12.4 Å². The Morgan fingerprint density at radius 2 is 2.17 bits per heavy atom. The van der Waals surface area contributed by atoms with E-state index in [4.69, 9.17) is 0 Å². The van der Waals surface area contributed by atoms with E-state index in [1.54, 1.807) is 0 Å². The largest absolute Gasteiger partial charge is 0.338 e. The molecule has 1 N–H and O–H groups in total. The molecular formula is C15H27N3. The van der Waals surface area contributed by atoms with Crippen LogP contribution in [0, 0.1) is 5.92 Å². The van der Waals surface area contributed by atoms with Crippen LogP contribution in [-0.2, 0) is 13.5 Å². The van der Waals surface area contributed by atoms with Crippen molar-refractivity contribution < 1.29 is 0 Å². The Bertz CT molecular complexity index is 339. The molecule has 1 heterocycles. The van der Waals surface area contributed by atoms with Crippen LogP contribution in [0.1, 0.15) is 51.3 Å². The van der Waals surface area contributed by atoms with Crippen LogP contribution in [0.15, 0.2) is 12.4 Å². The minimum absolute atomic E-state index is 0.687. The van der Waals surface area contributed by atoms with Crippen LogP contribution in [0.25, 0.3) is 0 Å². The van der Waals surface area contributed by atoms with Crippen molar-refractivity contribution in [2.45, 2.75) is 57.9 Å². The molecule has 1 fully saturated rings. The molecule has 3 nitrogen and oxygen atoms in total. The van der Waals surface area contributed by atoms with Gasteiger partial charge in [0.15, 0.2) is 0 Å². The van der Waals surface area contributed by atoms with Gasteiger partial charge in [-0.2, -0.15) is 0 Å². The van der Waals surface area contributed by atoms with Crippen molar-refractivity contribution in [3.05, 3.63) is 18.2 Å². The van der Waals surface area contributed by atoms with E-state index in [0.717, 1.165) is 18.9 Å². The van der Waals surface area contributed by atoms with Gasteiger partial charge in [-0.1, -0.05) is 26.2 Å². The van der Waals surface area contributed by atoms with Crippen molar-refractivity contribution in [3.63, 3.8) is 0 Å². The van der Waals surface area contributed by atoms with Gasteiger partial charge in [-0.05, 0) is 31.7 Å². The molecule has 0 amide bonds. The summed E-state index contributed by atoms with van der Waals surface area (Å²) < 4.78 is 2.14. The van der Waals surface area contributed by atoms with Gasteiger partial charge in [0, 0.05) is 31.9 Å². The van der Waals surface area contributed by atoms with Crippen molar-refractivity contribution in [2.24, 2.45) is 13.0 Å². The predicted octanol–water partition coefficient (Wildman–Crippen LogP) is 2.91. The summed E-state index contributed by atoms with van der Waals surface area (Å²) in [5, 5.41) is 3.70. The predicted molar refractivity (Wildman–Crippen MR) is 75.6 cm³/mol. The summed E-state index contributed by atoms with van der Waals surface area (Å²) in [6, 6.07) is 0.687. The Balaban J connectivity index is 1.87. The van der Waals surface area contributed by atoms with Gasteiger partial charge < -0.3 is 9.88 Å². The zero-order chi connectivity index (χ0) is 12.8. The molecule has 102 valence electrons. The fourth-order valence-electron chi connectivity index (χ4n) is 3.23. The van der Waals surface area contributed by atoms with E-state index < -0.39 is 0 Å². The Kier molecular flexibility index (Phi) is 5.24. The second-order valence-electron chi connectivity index (χ2n) is 5.56. The summed E-state index contributed by atoms with van der Waals surface area (Å²) >= 11 is 0. The zero-order valence-corrected chi connectivity index (χ0v) is 11.9. The van der Waals surface area contributed by atoms with Crippen LogP contribution in [0.5, 0.6) is 0 Å². The van der Waals surface area contributed by atoms with Crippen LogP contribution in [0.4, 0.5) is 0 Å². The molecule has 0 radical (unpaired) electrons. The van der Waals surface area contributed by atoms with E-state index in [0.29, 0.717) is 6.04 Å². The molecule has 2 rings (SSSR count). The Hall–Kier alpha value is -0.830. The number of nitrogens with one attached hydrogen (secondary N) is 1. The minimum Gasteiger partial charge on any atom is -0.338 e. The molecule has 1 unspecified atom stereocenters. The van der Waals surface area contributed by atoms with Crippen molar-refractivity contribution in [1.82, 2.24) is 14.9 Å². The average molecular weight is 249 g/mol. The fourth-order valence-corrected chi connectivity index (χ4v) is 3.23. The molecule has 0 saturated heterocycles. The number of hydrogen-bond acceptors (Lipinski definition) is 2. The maximum atomic E-state index is 4.43. The van der Waals surface area contributed by atoms with Gasteiger partial charge in [-0.25, -0.2) is 4.98 Å². The van der Waals surface area contributed by atoms with Crippen molar-refractivity contribution in [3.8, 4) is 0 Å². The highest BCUT2D eigenvalue weighted by Gasteiger charge is 2.22. The maximum absolute atomic E-state index is 4.43. The lowest BCUT2D eigenvalue weighted by molar-refractivity contribution is 0.259. The lowest BCUT2D eigenvalue weighted by atomic mass is 9.82. The SMILES string of the molecule is CCNC(CCc1nccn1C)C1CCCCC1. The highest BCUT2D eigenvalue weighted by atomic mass is 15.0. The van der Waals surface area contributed by atoms with Gasteiger partial charge in [0.2, 0.25) is 0 Å². The Morgan fingerprint density at radius 1 is 1.39 bits per heavy atom. The Morgan fingerprint density at radius 3 is 2.78 bits per heavy atom. The lowest BCUT2D eigenvalue weighted by Gasteiger charge is -2.31. The highest BCUT2D eigenvalue weighted by molar-refractivity contribution is 4.93. The van der Waals surface area contributed by atoms with Gasteiger partial charge in [-0.15, -0.1) is 0 Å². The molecule has 1 aromatic heterocycles. The smallest absolute Gasteiger partial charge is 0.108 e.